The van der Waals surface area contributed by atoms with Gasteiger partial charge >= 0.3 is 0 Å². The van der Waals surface area contributed by atoms with Gasteiger partial charge < -0.3 is 9.47 Å². The minimum Gasteiger partial charge on any atom is -0.334 e. The highest BCUT2D eigenvalue weighted by molar-refractivity contribution is 5.94. The molecular formula is C22H21N5O. The molecule has 140 valence electrons. The first-order valence-electron chi connectivity index (χ1n) is 9.10. The van der Waals surface area contributed by atoms with Crippen molar-refractivity contribution in [1.82, 2.24) is 24.2 Å². The largest absolute Gasteiger partial charge is 0.334 e. The van der Waals surface area contributed by atoms with E-state index in [1.54, 1.807) is 29.0 Å². The molecule has 0 unspecified atom stereocenters. The van der Waals surface area contributed by atoms with Crippen molar-refractivity contribution in [3.63, 3.8) is 0 Å². The van der Waals surface area contributed by atoms with E-state index in [0.29, 0.717) is 12.1 Å². The van der Waals surface area contributed by atoms with E-state index in [1.807, 2.05) is 60.9 Å². The van der Waals surface area contributed by atoms with Crippen LogP contribution >= 0.6 is 0 Å². The van der Waals surface area contributed by atoms with Gasteiger partial charge in [0.15, 0.2) is 0 Å². The highest BCUT2D eigenvalue weighted by Gasteiger charge is 2.15. The first-order chi connectivity index (χ1) is 13.7. The molecule has 0 spiro atoms. The SMILES string of the molecule is CN(Cc1nccn1Cc1ccccc1)C(=O)c1cccc(-n2cccn2)c1. The number of carbonyl (C=O) groups is 1. The van der Waals surface area contributed by atoms with Crippen molar-refractivity contribution in [3.05, 3.63) is 102 Å². The van der Waals surface area contributed by atoms with Crippen molar-refractivity contribution in [3.8, 4) is 5.69 Å². The maximum Gasteiger partial charge on any atom is 0.254 e. The lowest BCUT2D eigenvalue weighted by atomic mass is 10.1. The topological polar surface area (TPSA) is 56.0 Å². The average Bonchev–Trinajstić information content (AvgIpc) is 3.41. The van der Waals surface area contributed by atoms with Crippen LogP contribution in [0.5, 0.6) is 0 Å². The van der Waals surface area contributed by atoms with Gasteiger partial charge in [-0.25, -0.2) is 9.67 Å². The van der Waals surface area contributed by atoms with Crippen LogP contribution in [0.1, 0.15) is 21.7 Å². The Morgan fingerprint density at radius 1 is 1.00 bits per heavy atom. The van der Waals surface area contributed by atoms with E-state index in [4.69, 9.17) is 0 Å². The van der Waals surface area contributed by atoms with Gasteiger partial charge in [0, 0.05) is 43.9 Å². The van der Waals surface area contributed by atoms with Gasteiger partial charge in [0.05, 0.1) is 12.2 Å². The molecule has 0 aliphatic rings. The van der Waals surface area contributed by atoms with Crippen LogP contribution in [-0.4, -0.2) is 37.2 Å². The minimum atomic E-state index is -0.0525. The molecule has 2 heterocycles. The molecule has 0 atom stereocenters. The van der Waals surface area contributed by atoms with Gasteiger partial charge in [0.2, 0.25) is 0 Å². The molecule has 0 N–H and O–H groups in total. The third-order valence-electron chi connectivity index (χ3n) is 4.58. The molecule has 28 heavy (non-hydrogen) atoms. The summed E-state index contributed by atoms with van der Waals surface area (Å²) in [6, 6.07) is 19.5. The Hall–Kier alpha value is -3.67. The smallest absolute Gasteiger partial charge is 0.254 e. The predicted octanol–water partition coefficient (Wildman–Crippen LogP) is 3.39. The standard InChI is InChI=1S/C22H21N5O/c1-25(17-21-23-12-14-26(21)16-18-7-3-2-4-8-18)22(28)19-9-5-10-20(15-19)27-13-6-11-24-27/h2-15H,16-17H2,1H3. The second-order valence-corrected chi connectivity index (χ2v) is 6.62. The Labute approximate surface area is 163 Å². The number of carbonyl (C=O) groups excluding carboxylic acids is 1. The third-order valence-corrected chi connectivity index (χ3v) is 4.58. The monoisotopic (exact) mass is 371 g/mol. The van der Waals surface area contributed by atoms with Crippen molar-refractivity contribution in [2.24, 2.45) is 0 Å². The van der Waals surface area contributed by atoms with E-state index >= 15 is 0 Å². The Morgan fingerprint density at radius 2 is 1.86 bits per heavy atom. The van der Waals surface area contributed by atoms with Gasteiger partial charge in [-0.2, -0.15) is 5.10 Å². The number of hydrogen-bond acceptors (Lipinski definition) is 3. The number of amides is 1. The van der Waals surface area contributed by atoms with Crippen LogP contribution in [0.3, 0.4) is 0 Å². The lowest BCUT2D eigenvalue weighted by Crippen LogP contribution is -2.28. The molecule has 0 saturated carbocycles. The first kappa shape index (κ1) is 17.7. The third kappa shape index (κ3) is 3.86. The first-order valence-corrected chi connectivity index (χ1v) is 9.10. The fourth-order valence-electron chi connectivity index (χ4n) is 3.12. The fraction of sp³-hybridized carbons (Fsp3) is 0.136. The molecule has 4 aromatic rings. The summed E-state index contributed by atoms with van der Waals surface area (Å²) in [5, 5.41) is 4.22. The Kier molecular flexibility index (Phi) is 5.01. The number of aromatic nitrogens is 4. The number of rotatable bonds is 6. The summed E-state index contributed by atoms with van der Waals surface area (Å²) in [7, 11) is 1.80. The molecule has 0 bridgehead atoms. The van der Waals surface area contributed by atoms with Gasteiger partial charge in [-0.15, -0.1) is 0 Å². The van der Waals surface area contributed by atoms with E-state index in [9.17, 15) is 4.79 Å². The number of benzene rings is 2. The molecule has 0 fully saturated rings. The second kappa shape index (κ2) is 7.92. The lowest BCUT2D eigenvalue weighted by Gasteiger charge is -2.18. The van der Waals surface area contributed by atoms with Gasteiger partial charge in [-0.1, -0.05) is 36.4 Å². The van der Waals surface area contributed by atoms with Gasteiger partial charge in [-0.3, -0.25) is 4.79 Å². The molecule has 0 radical (unpaired) electrons. The highest BCUT2D eigenvalue weighted by atomic mass is 16.2. The van der Waals surface area contributed by atoms with Crippen molar-refractivity contribution in [2.45, 2.75) is 13.1 Å². The van der Waals surface area contributed by atoms with Crippen molar-refractivity contribution < 1.29 is 4.79 Å². The van der Waals surface area contributed by atoms with E-state index in [1.165, 1.54) is 5.56 Å². The molecule has 6 nitrogen and oxygen atoms in total. The summed E-state index contributed by atoms with van der Waals surface area (Å²) >= 11 is 0. The van der Waals surface area contributed by atoms with Crippen molar-refractivity contribution in [1.29, 1.82) is 0 Å². The van der Waals surface area contributed by atoms with Crippen LogP contribution in [0, 0.1) is 0 Å². The minimum absolute atomic E-state index is 0.0525. The summed E-state index contributed by atoms with van der Waals surface area (Å²) in [4.78, 5) is 19.0. The van der Waals surface area contributed by atoms with Crippen LogP contribution < -0.4 is 0 Å². The predicted molar refractivity (Wildman–Crippen MR) is 107 cm³/mol. The Balaban J connectivity index is 1.49. The van der Waals surface area contributed by atoms with Crippen LogP contribution in [0.15, 0.2) is 85.5 Å². The zero-order valence-electron chi connectivity index (χ0n) is 15.6. The van der Waals surface area contributed by atoms with Crippen LogP contribution in [0.25, 0.3) is 5.69 Å². The molecule has 1 amide bonds. The summed E-state index contributed by atoms with van der Waals surface area (Å²) in [6.07, 6.45) is 7.29. The molecule has 0 aliphatic heterocycles. The summed E-state index contributed by atoms with van der Waals surface area (Å²) < 4.78 is 3.81. The summed E-state index contributed by atoms with van der Waals surface area (Å²) in [5.74, 6) is 0.797. The molecular weight excluding hydrogens is 350 g/mol. The van der Waals surface area contributed by atoms with Crippen LogP contribution in [0.4, 0.5) is 0 Å². The number of imidazole rings is 1. The van der Waals surface area contributed by atoms with Crippen molar-refractivity contribution >= 4 is 5.91 Å². The quantitative estimate of drug-likeness (QED) is 0.522. The highest BCUT2D eigenvalue weighted by Crippen LogP contribution is 2.13. The van der Waals surface area contributed by atoms with E-state index in [0.717, 1.165) is 18.1 Å². The summed E-state index contributed by atoms with van der Waals surface area (Å²) in [6.45, 7) is 1.16. The van der Waals surface area contributed by atoms with Gasteiger partial charge in [0.25, 0.3) is 5.91 Å². The normalized spacial score (nSPS) is 10.8. The molecule has 0 aliphatic carbocycles. The zero-order chi connectivity index (χ0) is 19.3. The van der Waals surface area contributed by atoms with Gasteiger partial charge in [-0.05, 0) is 29.8 Å². The maximum atomic E-state index is 12.9. The summed E-state index contributed by atoms with van der Waals surface area (Å²) in [5.41, 5.74) is 2.68. The fourth-order valence-corrected chi connectivity index (χ4v) is 3.12. The molecule has 0 saturated heterocycles. The van der Waals surface area contributed by atoms with Crippen molar-refractivity contribution in [2.75, 3.05) is 7.05 Å². The van der Waals surface area contributed by atoms with E-state index in [2.05, 4.69) is 26.8 Å². The number of hydrogen-bond donors (Lipinski definition) is 0. The molecule has 2 aromatic carbocycles. The Morgan fingerprint density at radius 3 is 2.64 bits per heavy atom. The Bertz CT molecular complexity index is 1050. The maximum absolute atomic E-state index is 12.9. The van der Waals surface area contributed by atoms with Crippen LogP contribution in [-0.2, 0) is 13.1 Å². The molecule has 2 aromatic heterocycles. The zero-order valence-corrected chi connectivity index (χ0v) is 15.6. The lowest BCUT2D eigenvalue weighted by molar-refractivity contribution is 0.0780. The van der Waals surface area contributed by atoms with Crippen LogP contribution in [0.2, 0.25) is 0 Å². The second-order valence-electron chi connectivity index (χ2n) is 6.62. The van der Waals surface area contributed by atoms with E-state index < -0.39 is 0 Å². The van der Waals surface area contributed by atoms with E-state index in [-0.39, 0.29) is 5.91 Å². The molecule has 4 rings (SSSR count). The molecule has 6 heteroatoms. The number of nitrogens with zero attached hydrogens (tertiary/aromatic N) is 5. The van der Waals surface area contributed by atoms with Gasteiger partial charge in [0.1, 0.15) is 5.82 Å². The average molecular weight is 371 g/mol.